The Labute approximate surface area is 31.1 Å². The third-order valence-corrected chi connectivity index (χ3v) is 0.167. The van der Waals surface area contributed by atoms with Gasteiger partial charge in [-0.15, -0.1) is 0 Å². The van der Waals surface area contributed by atoms with Crippen molar-refractivity contribution in [2.75, 3.05) is 0 Å². The zero-order valence-electron chi connectivity index (χ0n) is 2.73. The second-order valence-electron chi connectivity index (χ2n) is 0.478. The molecule has 0 aliphatic heterocycles. The number of rotatable bonds is 2. The van der Waals surface area contributed by atoms with Gasteiger partial charge in [-0.2, -0.15) is 0 Å². The normalized spacial score (nSPS) is 7.60. The monoisotopic (exact) mass is 73.1 g/mol. The van der Waals surface area contributed by atoms with Gasteiger partial charge in [-0.1, -0.05) is 0 Å². The molecule has 0 aliphatic carbocycles. The number of nitrogens with one attached hydrogen (secondary N) is 2. The first kappa shape index (κ1) is 4.90. The standard InChI is InChI=1S/BH6N4/c2-4-1-5-3/h4-5H,2-3H2. The molecule has 0 spiro atoms. The second-order valence-corrected chi connectivity index (χ2v) is 0.478. The Kier molecular flexibility index (Phi) is 3.83. The predicted molar refractivity (Wildman–Crippen MR) is 20.4 cm³/mol. The van der Waals surface area contributed by atoms with E-state index in [0.717, 1.165) is 0 Å². The van der Waals surface area contributed by atoms with Crippen LogP contribution in [-0.4, -0.2) is 7.55 Å². The lowest BCUT2D eigenvalue weighted by atomic mass is 10.2. The van der Waals surface area contributed by atoms with Crippen LogP contribution in [0, 0.1) is 0 Å². The highest BCUT2D eigenvalue weighted by Crippen LogP contribution is 1.11. The Balaban J connectivity index is 2.19. The quantitative estimate of drug-likeness (QED) is 0.165. The molecule has 0 saturated carbocycles. The molecule has 0 atom stereocenters. The van der Waals surface area contributed by atoms with E-state index in [2.05, 4.69) is 10.7 Å². The van der Waals surface area contributed by atoms with Gasteiger partial charge in [0.1, 0.15) is 0 Å². The van der Waals surface area contributed by atoms with Gasteiger partial charge < -0.3 is 0 Å². The first-order chi connectivity index (χ1) is 2.41. The fraction of sp³-hybridized carbons (Fsp3) is 0. The molecule has 0 heterocycles. The molecule has 0 fully saturated rings. The number of hydrazine groups is 2. The molecular weight excluding hydrogens is 66.8 g/mol. The number of hydrogen-bond acceptors (Lipinski definition) is 4. The molecule has 1 radical (unpaired) electrons. The molecule has 0 saturated heterocycles. The van der Waals surface area contributed by atoms with E-state index >= 15 is 0 Å². The van der Waals surface area contributed by atoms with Gasteiger partial charge in [0.05, 0.1) is 0 Å². The lowest BCUT2D eigenvalue weighted by molar-refractivity contribution is 0.977. The molecule has 0 aromatic heterocycles. The van der Waals surface area contributed by atoms with E-state index in [1.165, 1.54) is 7.55 Å². The first-order valence-corrected chi connectivity index (χ1v) is 1.15. The minimum atomic E-state index is 1.31. The summed E-state index contributed by atoms with van der Waals surface area (Å²) in [7, 11) is 1.31. The minimum absolute atomic E-state index is 1.31. The molecule has 6 N–H and O–H groups in total. The van der Waals surface area contributed by atoms with Crippen LogP contribution >= 0.6 is 0 Å². The van der Waals surface area contributed by atoms with Gasteiger partial charge in [-0.05, 0) is 0 Å². The molecule has 0 aromatic carbocycles. The average Bonchev–Trinajstić information content (AvgIpc) is 1.41. The van der Waals surface area contributed by atoms with Crippen LogP contribution in [0.1, 0.15) is 0 Å². The summed E-state index contributed by atoms with van der Waals surface area (Å²) in [4.78, 5) is 0. The van der Waals surface area contributed by atoms with Gasteiger partial charge in [0.2, 0.25) is 0 Å². The van der Waals surface area contributed by atoms with Crippen LogP contribution in [-0.2, 0) is 0 Å². The van der Waals surface area contributed by atoms with Crippen molar-refractivity contribution in [3.63, 3.8) is 0 Å². The van der Waals surface area contributed by atoms with Crippen LogP contribution < -0.4 is 22.4 Å². The summed E-state index contributed by atoms with van der Waals surface area (Å²) in [6.45, 7) is 0. The highest BCUT2D eigenvalue weighted by atomic mass is 15.3. The van der Waals surface area contributed by atoms with Gasteiger partial charge in [-0.3, -0.25) is 22.4 Å². The number of nitrogens with two attached hydrogens (primary N) is 2. The molecule has 5 heteroatoms. The van der Waals surface area contributed by atoms with Crippen molar-refractivity contribution in [1.29, 1.82) is 0 Å². The molecule has 0 bridgehead atoms. The number of hydrogen-bond donors (Lipinski definition) is 4. The van der Waals surface area contributed by atoms with Crippen molar-refractivity contribution >= 4 is 7.55 Å². The lowest BCUT2D eigenvalue weighted by Crippen LogP contribution is -2.41. The van der Waals surface area contributed by atoms with E-state index < -0.39 is 0 Å². The summed E-state index contributed by atoms with van der Waals surface area (Å²) in [5.41, 5.74) is 0. The second kappa shape index (κ2) is 3.90. The maximum atomic E-state index is 4.69. The Hall–Kier alpha value is -0.0951. The Morgan fingerprint density at radius 3 is 1.60 bits per heavy atom. The van der Waals surface area contributed by atoms with Crippen LogP contribution in [0.4, 0.5) is 0 Å². The molecule has 0 aromatic rings. The van der Waals surface area contributed by atoms with Crippen LogP contribution in [0.2, 0.25) is 0 Å². The van der Waals surface area contributed by atoms with Crippen molar-refractivity contribution < 1.29 is 0 Å². The van der Waals surface area contributed by atoms with E-state index in [0.29, 0.717) is 0 Å². The molecule has 0 unspecified atom stereocenters. The van der Waals surface area contributed by atoms with Crippen molar-refractivity contribution in [3.8, 4) is 0 Å². The largest absolute Gasteiger partial charge is 0.337 e. The molecule has 0 aliphatic rings. The maximum Gasteiger partial charge on any atom is 0.337 e. The van der Waals surface area contributed by atoms with Crippen LogP contribution in [0.25, 0.3) is 0 Å². The summed E-state index contributed by atoms with van der Waals surface area (Å²) in [6, 6.07) is 0. The van der Waals surface area contributed by atoms with Gasteiger partial charge in [0.15, 0.2) is 0 Å². The van der Waals surface area contributed by atoms with Crippen molar-refractivity contribution in [2.45, 2.75) is 0 Å². The van der Waals surface area contributed by atoms with Gasteiger partial charge in [-0.25, -0.2) is 0 Å². The smallest absolute Gasteiger partial charge is 0.286 e. The fourth-order valence-corrected chi connectivity index (χ4v) is 0.0481. The maximum absolute atomic E-state index is 4.69. The lowest BCUT2D eigenvalue weighted by Gasteiger charge is -1.84. The van der Waals surface area contributed by atoms with E-state index in [4.69, 9.17) is 11.7 Å². The summed E-state index contributed by atoms with van der Waals surface area (Å²) >= 11 is 0. The van der Waals surface area contributed by atoms with E-state index in [1.807, 2.05) is 0 Å². The zero-order chi connectivity index (χ0) is 4.12. The molecular formula is H6BN4. The fourth-order valence-electron chi connectivity index (χ4n) is 0.0481. The van der Waals surface area contributed by atoms with Gasteiger partial charge in [0.25, 0.3) is 0 Å². The Morgan fingerprint density at radius 2 is 1.60 bits per heavy atom. The molecule has 29 valence electrons. The third-order valence-electron chi connectivity index (χ3n) is 0.167. The average molecular weight is 72.9 g/mol. The molecule has 0 rings (SSSR count). The Bertz CT molecular complexity index is 11.1. The van der Waals surface area contributed by atoms with E-state index in [1.54, 1.807) is 0 Å². The summed E-state index contributed by atoms with van der Waals surface area (Å²) in [5, 5.41) is 4.31. The zero-order valence-corrected chi connectivity index (χ0v) is 2.73. The van der Waals surface area contributed by atoms with Crippen LogP contribution in [0.5, 0.6) is 0 Å². The van der Waals surface area contributed by atoms with Crippen LogP contribution in [0.15, 0.2) is 0 Å². The highest BCUT2D eigenvalue weighted by Gasteiger charge is 1.70. The predicted octanol–water partition coefficient (Wildman–Crippen LogP) is -2.55. The van der Waals surface area contributed by atoms with Crippen molar-refractivity contribution in [2.24, 2.45) is 11.7 Å². The van der Waals surface area contributed by atoms with E-state index in [9.17, 15) is 0 Å². The van der Waals surface area contributed by atoms with E-state index in [-0.39, 0.29) is 0 Å². The van der Waals surface area contributed by atoms with Crippen molar-refractivity contribution in [3.05, 3.63) is 0 Å². The third kappa shape index (κ3) is 3.90. The molecule has 5 heavy (non-hydrogen) atoms. The molecule has 4 nitrogen and oxygen atoms in total. The van der Waals surface area contributed by atoms with Gasteiger partial charge >= 0.3 is 7.55 Å². The van der Waals surface area contributed by atoms with Crippen LogP contribution in [0.3, 0.4) is 0 Å². The Morgan fingerprint density at radius 1 is 1.20 bits per heavy atom. The summed E-state index contributed by atoms with van der Waals surface area (Å²) in [5.74, 6) is 9.38. The topological polar surface area (TPSA) is 76.1 Å². The summed E-state index contributed by atoms with van der Waals surface area (Å²) in [6.07, 6.45) is 0. The van der Waals surface area contributed by atoms with Gasteiger partial charge in [0, 0.05) is 0 Å². The molecule has 0 amide bonds. The minimum Gasteiger partial charge on any atom is -0.286 e. The van der Waals surface area contributed by atoms with Crippen molar-refractivity contribution in [1.82, 2.24) is 10.7 Å². The first-order valence-electron chi connectivity index (χ1n) is 1.15. The SMILES string of the molecule is NN[B]NN. The summed E-state index contributed by atoms with van der Waals surface area (Å²) < 4.78 is 0. The highest BCUT2D eigenvalue weighted by molar-refractivity contribution is 6.27.